The van der Waals surface area contributed by atoms with E-state index in [2.05, 4.69) is 5.10 Å². The average molecular weight is 346 g/mol. The lowest BCUT2D eigenvalue weighted by atomic mass is 10.1. The van der Waals surface area contributed by atoms with Gasteiger partial charge >= 0.3 is 0 Å². The Labute approximate surface area is 142 Å². The number of amides is 1. The van der Waals surface area contributed by atoms with E-state index in [0.717, 1.165) is 0 Å². The highest BCUT2D eigenvalue weighted by Gasteiger charge is 2.33. The molecule has 0 radical (unpaired) electrons. The molecular formula is C16H12ClN3O4. The summed E-state index contributed by atoms with van der Waals surface area (Å²) < 4.78 is 5.79. The van der Waals surface area contributed by atoms with Gasteiger partial charge in [0.25, 0.3) is 5.69 Å². The summed E-state index contributed by atoms with van der Waals surface area (Å²) in [5.74, 6) is -0.0976. The van der Waals surface area contributed by atoms with E-state index in [9.17, 15) is 14.9 Å². The van der Waals surface area contributed by atoms with Crippen LogP contribution < -0.4 is 0 Å². The Kier molecular flexibility index (Phi) is 4.18. The van der Waals surface area contributed by atoms with Gasteiger partial charge in [0.15, 0.2) is 0 Å². The first kappa shape index (κ1) is 15.9. The number of carbonyl (C=O) groups is 1. The van der Waals surface area contributed by atoms with E-state index in [0.29, 0.717) is 16.1 Å². The standard InChI is InChI=1S/C16H12ClN3O4/c1-10(21)19-16(11-6-8-12(9-7-11)20(22)23)24-15(18-19)13-4-2-3-5-14(13)17/h2-9,16H,1H3/t16-/m0/s1. The van der Waals surface area contributed by atoms with Crippen molar-refractivity contribution in [1.82, 2.24) is 5.01 Å². The molecule has 1 heterocycles. The number of non-ortho nitro benzene ring substituents is 1. The molecule has 0 saturated heterocycles. The lowest BCUT2D eigenvalue weighted by Gasteiger charge is -2.19. The molecule has 0 aliphatic carbocycles. The number of hydrogen-bond acceptors (Lipinski definition) is 5. The molecule has 0 aromatic heterocycles. The van der Waals surface area contributed by atoms with Gasteiger partial charge in [0.05, 0.1) is 15.5 Å². The van der Waals surface area contributed by atoms with Gasteiger partial charge in [-0.05, 0) is 24.3 Å². The summed E-state index contributed by atoms with van der Waals surface area (Å²) in [7, 11) is 0. The predicted molar refractivity (Wildman–Crippen MR) is 87.4 cm³/mol. The van der Waals surface area contributed by atoms with Gasteiger partial charge in [-0.15, -0.1) is 5.10 Å². The first-order valence-corrected chi connectivity index (χ1v) is 7.39. The zero-order valence-corrected chi connectivity index (χ0v) is 13.3. The van der Waals surface area contributed by atoms with E-state index in [-0.39, 0.29) is 17.5 Å². The third kappa shape index (κ3) is 2.93. The number of nitro benzene ring substituents is 1. The monoisotopic (exact) mass is 345 g/mol. The summed E-state index contributed by atoms with van der Waals surface area (Å²) >= 11 is 6.14. The summed E-state index contributed by atoms with van der Waals surface area (Å²) in [6, 6.07) is 12.8. The largest absolute Gasteiger partial charge is 0.446 e. The van der Waals surface area contributed by atoms with E-state index >= 15 is 0 Å². The van der Waals surface area contributed by atoms with Crippen LogP contribution in [0, 0.1) is 10.1 Å². The summed E-state index contributed by atoms with van der Waals surface area (Å²) in [6.45, 7) is 1.36. The van der Waals surface area contributed by atoms with Crippen molar-refractivity contribution in [1.29, 1.82) is 0 Å². The van der Waals surface area contributed by atoms with Crippen molar-refractivity contribution in [2.24, 2.45) is 5.10 Å². The van der Waals surface area contributed by atoms with Gasteiger partial charge in [-0.3, -0.25) is 14.9 Å². The van der Waals surface area contributed by atoms with E-state index in [1.165, 1.54) is 36.2 Å². The van der Waals surface area contributed by atoms with Crippen LogP contribution in [0.5, 0.6) is 0 Å². The number of ether oxygens (including phenoxy) is 1. The number of carbonyl (C=O) groups excluding carboxylic acids is 1. The molecule has 0 N–H and O–H groups in total. The summed E-state index contributed by atoms with van der Waals surface area (Å²) in [5.41, 5.74) is 1.09. The molecule has 0 fully saturated rings. The van der Waals surface area contributed by atoms with Gasteiger partial charge in [0, 0.05) is 24.6 Å². The molecule has 24 heavy (non-hydrogen) atoms. The molecule has 1 amide bonds. The van der Waals surface area contributed by atoms with Crippen LogP contribution in [0.4, 0.5) is 5.69 Å². The highest BCUT2D eigenvalue weighted by Crippen LogP contribution is 2.32. The van der Waals surface area contributed by atoms with Gasteiger partial charge in [0.1, 0.15) is 0 Å². The third-order valence-corrected chi connectivity index (χ3v) is 3.79. The number of rotatable bonds is 3. The van der Waals surface area contributed by atoms with E-state index in [1.54, 1.807) is 24.3 Å². The van der Waals surface area contributed by atoms with Crippen LogP contribution in [0.2, 0.25) is 5.02 Å². The Morgan fingerprint density at radius 3 is 2.50 bits per heavy atom. The van der Waals surface area contributed by atoms with Crippen molar-refractivity contribution in [3.05, 3.63) is 74.8 Å². The Bertz CT molecular complexity index is 835. The van der Waals surface area contributed by atoms with E-state index < -0.39 is 11.2 Å². The highest BCUT2D eigenvalue weighted by atomic mass is 35.5. The smallest absolute Gasteiger partial charge is 0.269 e. The second-order valence-corrected chi connectivity index (χ2v) is 5.47. The van der Waals surface area contributed by atoms with Crippen molar-refractivity contribution in [3.63, 3.8) is 0 Å². The van der Waals surface area contributed by atoms with Crippen LogP contribution >= 0.6 is 11.6 Å². The summed E-state index contributed by atoms with van der Waals surface area (Å²) in [4.78, 5) is 22.1. The molecule has 0 spiro atoms. The zero-order valence-electron chi connectivity index (χ0n) is 12.5. The topological polar surface area (TPSA) is 85.0 Å². The van der Waals surface area contributed by atoms with Crippen molar-refractivity contribution in [2.75, 3.05) is 0 Å². The first-order chi connectivity index (χ1) is 11.5. The SMILES string of the molecule is CC(=O)N1N=C(c2ccccc2Cl)O[C@H]1c1ccc([N+](=O)[O-])cc1. The summed E-state index contributed by atoms with van der Waals surface area (Å²) in [6.07, 6.45) is -0.797. The number of hydrazone groups is 1. The Morgan fingerprint density at radius 2 is 1.92 bits per heavy atom. The molecule has 0 unspecified atom stereocenters. The van der Waals surface area contributed by atoms with Gasteiger partial charge in [-0.1, -0.05) is 23.7 Å². The molecule has 7 nitrogen and oxygen atoms in total. The Morgan fingerprint density at radius 1 is 1.25 bits per heavy atom. The fourth-order valence-electron chi connectivity index (χ4n) is 2.29. The molecule has 2 aromatic rings. The fourth-order valence-corrected chi connectivity index (χ4v) is 2.50. The Hall–Kier alpha value is -2.93. The number of benzene rings is 2. The minimum Gasteiger partial charge on any atom is -0.446 e. The number of nitro groups is 1. The van der Waals surface area contributed by atoms with Crippen molar-refractivity contribution >= 4 is 29.1 Å². The molecule has 1 aliphatic rings. The van der Waals surface area contributed by atoms with Crippen LogP contribution in [0.25, 0.3) is 0 Å². The zero-order chi connectivity index (χ0) is 17.3. The van der Waals surface area contributed by atoms with E-state index in [4.69, 9.17) is 16.3 Å². The minimum absolute atomic E-state index is 0.0432. The van der Waals surface area contributed by atoms with Crippen LogP contribution in [-0.2, 0) is 9.53 Å². The maximum absolute atomic E-state index is 11.9. The minimum atomic E-state index is -0.797. The van der Waals surface area contributed by atoms with Crippen LogP contribution in [0.3, 0.4) is 0 Å². The first-order valence-electron chi connectivity index (χ1n) is 7.01. The molecule has 1 atom stereocenters. The maximum atomic E-state index is 11.9. The van der Waals surface area contributed by atoms with Crippen LogP contribution in [0.15, 0.2) is 53.6 Å². The summed E-state index contributed by atoms with van der Waals surface area (Å²) in [5, 5.41) is 16.6. The van der Waals surface area contributed by atoms with Gasteiger partial charge in [0.2, 0.25) is 18.0 Å². The van der Waals surface area contributed by atoms with Crippen molar-refractivity contribution in [2.45, 2.75) is 13.2 Å². The molecule has 1 aliphatic heterocycles. The normalized spacial score (nSPS) is 16.5. The molecule has 122 valence electrons. The van der Waals surface area contributed by atoms with E-state index in [1.807, 2.05) is 0 Å². The second-order valence-electron chi connectivity index (χ2n) is 5.07. The molecule has 0 saturated carbocycles. The van der Waals surface area contributed by atoms with Gasteiger partial charge in [-0.25, -0.2) is 0 Å². The Balaban J connectivity index is 1.94. The molecule has 3 rings (SSSR count). The number of halogens is 1. The van der Waals surface area contributed by atoms with Crippen molar-refractivity contribution < 1.29 is 14.5 Å². The molecular weight excluding hydrogens is 334 g/mol. The van der Waals surface area contributed by atoms with Gasteiger partial charge in [-0.2, -0.15) is 5.01 Å². The predicted octanol–water partition coefficient (Wildman–Crippen LogP) is 3.49. The van der Waals surface area contributed by atoms with Crippen molar-refractivity contribution in [3.8, 4) is 0 Å². The van der Waals surface area contributed by atoms with Crippen LogP contribution in [0.1, 0.15) is 24.3 Å². The number of hydrogen-bond donors (Lipinski definition) is 0. The molecule has 8 heteroatoms. The lowest BCUT2D eigenvalue weighted by Crippen LogP contribution is -2.25. The van der Waals surface area contributed by atoms with Crippen LogP contribution in [-0.4, -0.2) is 21.7 Å². The lowest BCUT2D eigenvalue weighted by molar-refractivity contribution is -0.384. The number of nitrogens with zero attached hydrogens (tertiary/aromatic N) is 3. The fraction of sp³-hybridized carbons (Fsp3) is 0.125. The molecule has 2 aromatic carbocycles. The second kappa shape index (κ2) is 6.29. The third-order valence-electron chi connectivity index (χ3n) is 3.46. The van der Waals surface area contributed by atoms with Gasteiger partial charge < -0.3 is 4.74 Å². The maximum Gasteiger partial charge on any atom is 0.269 e. The quantitative estimate of drug-likeness (QED) is 0.629. The molecule has 0 bridgehead atoms. The highest BCUT2D eigenvalue weighted by molar-refractivity contribution is 6.33. The average Bonchev–Trinajstić information content (AvgIpc) is 3.00.